The largest absolute Gasteiger partial charge is 0.677 e. The summed E-state index contributed by atoms with van der Waals surface area (Å²) in [6.07, 6.45) is 0.709. The van der Waals surface area contributed by atoms with Crippen LogP contribution in [0.1, 0.15) is 5.56 Å². The van der Waals surface area contributed by atoms with E-state index in [2.05, 4.69) is 0 Å². The average Bonchev–Trinajstić information content (AvgIpc) is 1.95. The molecule has 0 bridgehead atoms. The van der Waals surface area contributed by atoms with Gasteiger partial charge < -0.3 is 5.73 Å². The van der Waals surface area contributed by atoms with Crippen LogP contribution < -0.4 is 0 Å². The molecule has 54 valence electrons. The topological polar surface area (TPSA) is 23.8 Å². The van der Waals surface area contributed by atoms with E-state index in [1.807, 2.05) is 0 Å². The van der Waals surface area contributed by atoms with Gasteiger partial charge in [-0.2, -0.15) is 0 Å². The number of hydrogen-bond acceptors (Lipinski definition) is 0. The highest BCUT2D eigenvalue weighted by atomic mass is 19.1. The third-order valence-corrected chi connectivity index (χ3v) is 1.33. The molecule has 10 heavy (non-hydrogen) atoms. The summed E-state index contributed by atoms with van der Waals surface area (Å²) in [6.45, 7) is 0.367. The lowest BCUT2D eigenvalue weighted by molar-refractivity contribution is 0.627. The zero-order valence-corrected chi connectivity index (χ0v) is 5.60. The first-order chi connectivity index (χ1) is 4.83. The fourth-order valence-electron chi connectivity index (χ4n) is 0.795. The summed E-state index contributed by atoms with van der Waals surface area (Å²) in [5, 5.41) is 0. The van der Waals surface area contributed by atoms with E-state index in [0.29, 0.717) is 13.0 Å². The normalized spacial score (nSPS) is 9.80. The second-order valence-corrected chi connectivity index (χ2v) is 2.13. The van der Waals surface area contributed by atoms with Gasteiger partial charge >= 0.3 is 0 Å². The van der Waals surface area contributed by atoms with Crippen LogP contribution in [0.5, 0.6) is 0 Å². The van der Waals surface area contributed by atoms with Crippen molar-refractivity contribution in [1.29, 1.82) is 0 Å². The number of halogens is 1. The van der Waals surface area contributed by atoms with Crippen molar-refractivity contribution in [3.8, 4) is 0 Å². The summed E-state index contributed by atoms with van der Waals surface area (Å²) in [5.41, 5.74) is 7.92. The maximum absolute atomic E-state index is 12.3. The van der Waals surface area contributed by atoms with E-state index in [0.717, 1.165) is 5.56 Å². The van der Waals surface area contributed by atoms with Crippen LogP contribution in [-0.4, -0.2) is 6.54 Å². The molecule has 0 aromatic heterocycles. The lowest BCUT2D eigenvalue weighted by Crippen LogP contribution is -1.86. The molecule has 0 aliphatic carbocycles. The van der Waals surface area contributed by atoms with E-state index < -0.39 is 0 Å². The Hall–Kier alpha value is -0.890. The highest BCUT2D eigenvalue weighted by molar-refractivity contribution is 5.16. The molecule has 0 spiro atoms. The van der Waals surface area contributed by atoms with Gasteiger partial charge in [0.2, 0.25) is 0 Å². The Morgan fingerprint density at radius 3 is 2.30 bits per heavy atom. The van der Waals surface area contributed by atoms with Gasteiger partial charge in [0.15, 0.2) is 0 Å². The van der Waals surface area contributed by atoms with E-state index in [1.165, 1.54) is 12.1 Å². The number of nitrogens with one attached hydrogen (secondary N) is 1. The molecular formula is C8H9FN-. The summed E-state index contributed by atoms with van der Waals surface area (Å²) < 4.78 is 12.3. The van der Waals surface area contributed by atoms with Crippen LogP contribution in [0.3, 0.4) is 0 Å². The maximum atomic E-state index is 12.3. The molecule has 0 unspecified atom stereocenters. The minimum atomic E-state index is -0.214. The van der Waals surface area contributed by atoms with Gasteiger partial charge in [-0.15, -0.1) is 6.54 Å². The SMILES string of the molecule is [NH-]CCc1ccc(F)cc1. The van der Waals surface area contributed by atoms with Gasteiger partial charge in [0.05, 0.1) is 0 Å². The minimum Gasteiger partial charge on any atom is -0.677 e. The summed E-state index contributed by atoms with van der Waals surface area (Å²) in [5.74, 6) is -0.214. The van der Waals surface area contributed by atoms with E-state index >= 15 is 0 Å². The van der Waals surface area contributed by atoms with Crippen LogP contribution in [-0.2, 0) is 6.42 Å². The second-order valence-electron chi connectivity index (χ2n) is 2.13. The van der Waals surface area contributed by atoms with Crippen LogP contribution in [0.25, 0.3) is 5.73 Å². The van der Waals surface area contributed by atoms with Crippen molar-refractivity contribution in [2.45, 2.75) is 6.42 Å². The lowest BCUT2D eigenvalue weighted by atomic mass is 10.1. The summed E-state index contributed by atoms with van der Waals surface area (Å²) in [4.78, 5) is 0. The van der Waals surface area contributed by atoms with Crippen LogP contribution >= 0.6 is 0 Å². The van der Waals surface area contributed by atoms with E-state index in [9.17, 15) is 4.39 Å². The molecule has 0 saturated heterocycles. The molecule has 0 aliphatic rings. The molecule has 0 saturated carbocycles. The van der Waals surface area contributed by atoms with Gasteiger partial charge in [-0.1, -0.05) is 12.1 Å². The number of hydrogen-bond donors (Lipinski definition) is 0. The minimum absolute atomic E-state index is 0.214. The van der Waals surface area contributed by atoms with Crippen molar-refractivity contribution in [2.75, 3.05) is 6.54 Å². The number of benzene rings is 1. The van der Waals surface area contributed by atoms with Crippen LogP contribution in [0.15, 0.2) is 24.3 Å². The first-order valence-electron chi connectivity index (χ1n) is 3.22. The molecule has 0 radical (unpaired) electrons. The molecule has 1 N–H and O–H groups in total. The van der Waals surface area contributed by atoms with Gasteiger partial charge in [0.25, 0.3) is 0 Å². The molecular weight excluding hydrogens is 129 g/mol. The van der Waals surface area contributed by atoms with Crippen molar-refractivity contribution in [1.82, 2.24) is 0 Å². The Labute approximate surface area is 59.7 Å². The predicted octanol–water partition coefficient (Wildman–Crippen LogP) is 2.42. The molecule has 1 nitrogen and oxygen atoms in total. The highest BCUT2D eigenvalue weighted by Crippen LogP contribution is 2.02. The molecule has 0 atom stereocenters. The quantitative estimate of drug-likeness (QED) is 0.599. The standard InChI is InChI=1S/C8H9FN/c9-8-3-1-7(2-4-8)5-6-10/h1-4,10H,5-6H2/q-1. The Balaban J connectivity index is 2.69. The van der Waals surface area contributed by atoms with E-state index in [1.54, 1.807) is 12.1 Å². The Morgan fingerprint density at radius 1 is 1.20 bits per heavy atom. The Bertz CT molecular complexity index is 193. The zero-order valence-electron chi connectivity index (χ0n) is 5.60. The molecule has 0 aliphatic heterocycles. The van der Waals surface area contributed by atoms with Crippen LogP contribution in [0, 0.1) is 5.82 Å². The Morgan fingerprint density at radius 2 is 1.80 bits per heavy atom. The van der Waals surface area contributed by atoms with Crippen molar-refractivity contribution in [3.63, 3.8) is 0 Å². The summed E-state index contributed by atoms with van der Waals surface area (Å²) in [7, 11) is 0. The molecule has 0 heterocycles. The van der Waals surface area contributed by atoms with Crippen molar-refractivity contribution in [3.05, 3.63) is 41.4 Å². The second kappa shape index (κ2) is 3.32. The fourth-order valence-corrected chi connectivity index (χ4v) is 0.795. The van der Waals surface area contributed by atoms with Crippen molar-refractivity contribution in [2.24, 2.45) is 0 Å². The Kier molecular flexibility index (Phi) is 2.40. The fraction of sp³-hybridized carbons (Fsp3) is 0.250. The van der Waals surface area contributed by atoms with Gasteiger partial charge in [-0.3, -0.25) is 0 Å². The summed E-state index contributed by atoms with van der Waals surface area (Å²) in [6, 6.07) is 6.27. The third-order valence-electron chi connectivity index (χ3n) is 1.33. The average molecular weight is 138 g/mol. The van der Waals surface area contributed by atoms with Crippen molar-refractivity contribution < 1.29 is 4.39 Å². The zero-order chi connectivity index (χ0) is 7.40. The van der Waals surface area contributed by atoms with Gasteiger partial charge in [0.1, 0.15) is 5.82 Å². The van der Waals surface area contributed by atoms with E-state index in [4.69, 9.17) is 5.73 Å². The highest BCUT2D eigenvalue weighted by Gasteiger charge is 1.88. The predicted molar refractivity (Wildman–Crippen MR) is 39.3 cm³/mol. The molecule has 2 heteroatoms. The molecule has 1 aromatic carbocycles. The smallest absolute Gasteiger partial charge is 0.123 e. The number of rotatable bonds is 2. The molecule has 0 amide bonds. The first kappa shape index (κ1) is 7.22. The molecule has 0 fully saturated rings. The first-order valence-corrected chi connectivity index (χ1v) is 3.22. The maximum Gasteiger partial charge on any atom is 0.123 e. The molecule has 1 aromatic rings. The monoisotopic (exact) mass is 138 g/mol. The van der Waals surface area contributed by atoms with Gasteiger partial charge in [-0.25, -0.2) is 4.39 Å². The third kappa shape index (κ3) is 1.81. The molecule has 1 rings (SSSR count). The van der Waals surface area contributed by atoms with E-state index in [-0.39, 0.29) is 5.82 Å². The van der Waals surface area contributed by atoms with Crippen LogP contribution in [0.4, 0.5) is 4.39 Å². The van der Waals surface area contributed by atoms with Gasteiger partial charge in [-0.05, 0) is 24.1 Å². The van der Waals surface area contributed by atoms with Crippen LogP contribution in [0.2, 0.25) is 0 Å². The van der Waals surface area contributed by atoms with Crippen molar-refractivity contribution >= 4 is 0 Å². The van der Waals surface area contributed by atoms with Gasteiger partial charge in [0, 0.05) is 0 Å². The summed E-state index contributed by atoms with van der Waals surface area (Å²) >= 11 is 0. The lowest BCUT2D eigenvalue weighted by Gasteiger charge is -2.00.